The number of hydrogen-bond donors (Lipinski definition) is 0. The van der Waals surface area contributed by atoms with Crippen LogP contribution >= 0.6 is 0 Å². The summed E-state index contributed by atoms with van der Waals surface area (Å²) in [4.78, 5) is 13.2. The lowest BCUT2D eigenvalue weighted by Crippen LogP contribution is -2.41. The molecule has 3 aromatic rings. The Morgan fingerprint density at radius 1 is 1.00 bits per heavy atom. The van der Waals surface area contributed by atoms with E-state index in [1.165, 1.54) is 23.8 Å². The van der Waals surface area contributed by atoms with E-state index in [0.29, 0.717) is 22.2 Å². The van der Waals surface area contributed by atoms with Gasteiger partial charge in [-0.1, -0.05) is 18.2 Å². The van der Waals surface area contributed by atoms with E-state index in [1.54, 1.807) is 6.20 Å². The predicted molar refractivity (Wildman–Crippen MR) is 112 cm³/mol. The minimum Gasteiger partial charge on any atom is -0.495 e. The first-order valence-electron chi connectivity index (χ1n) is 9.48. The van der Waals surface area contributed by atoms with Crippen LogP contribution in [0.15, 0.2) is 53.5 Å². The maximum Gasteiger partial charge on any atom is 0.497 e. The molecule has 0 aliphatic carbocycles. The van der Waals surface area contributed by atoms with E-state index in [0.717, 1.165) is 0 Å². The average molecular weight is 395 g/mol. The topological polar surface area (TPSA) is 49.7 Å². The molecule has 1 fully saturated rings. The van der Waals surface area contributed by atoms with Gasteiger partial charge in [0.2, 0.25) is 0 Å². The molecule has 1 aliphatic heterocycles. The number of pyridine rings is 1. The molecule has 0 bridgehead atoms. The van der Waals surface area contributed by atoms with Crippen LogP contribution in [-0.2, 0) is 9.31 Å². The first-order chi connectivity index (χ1) is 13.6. The van der Waals surface area contributed by atoms with Gasteiger partial charge in [-0.15, -0.1) is 0 Å². The summed E-state index contributed by atoms with van der Waals surface area (Å²) in [7, 11) is 0.592. The van der Waals surface area contributed by atoms with Crippen molar-refractivity contribution in [3.8, 4) is 11.4 Å². The van der Waals surface area contributed by atoms with E-state index in [4.69, 9.17) is 14.0 Å². The Labute approximate surface area is 169 Å². The van der Waals surface area contributed by atoms with E-state index in [2.05, 4.69) is 0 Å². The fraction of sp³-hybridized carbons (Fsp3) is 0.318. The summed E-state index contributed by atoms with van der Waals surface area (Å²) in [6, 6.07) is 12.0. The predicted octanol–water partition coefficient (Wildman–Crippen LogP) is 3.44. The summed E-state index contributed by atoms with van der Waals surface area (Å²) >= 11 is 0. The third kappa shape index (κ3) is 3.14. The van der Waals surface area contributed by atoms with E-state index < -0.39 is 24.1 Å². The largest absolute Gasteiger partial charge is 0.497 e. The molecule has 29 heavy (non-hydrogen) atoms. The summed E-state index contributed by atoms with van der Waals surface area (Å²) in [6.07, 6.45) is 1.58. The zero-order valence-corrected chi connectivity index (χ0v) is 17.2. The Kier molecular flexibility index (Phi) is 4.55. The van der Waals surface area contributed by atoms with Gasteiger partial charge in [0.25, 0.3) is 5.56 Å². The average Bonchev–Trinajstić information content (AvgIpc) is 2.89. The van der Waals surface area contributed by atoms with Crippen LogP contribution < -0.4 is 15.8 Å². The van der Waals surface area contributed by atoms with Crippen molar-refractivity contribution in [1.29, 1.82) is 0 Å². The van der Waals surface area contributed by atoms with Gasteiger partial charge in [-0.25, -0.2) is 4.39 Å². The van der Waals surface area contributed by atoms with Crippen LogP contribution in [0, 0.1) is 5.82 Å². The van der Waals surface area contributed by atoms with Gasteiger partial charge in [-0.3, -0.25) is 9.36 Å². The number of fused-ring (bicyclic) bond motifs is 1. The van der Waals surface area contributed by atoms with Gasteiger partial charge < -0.3 is 14.0 Å². The molecule has 0 atom stereocenters. The van der Waals surface area contributed by atoms with Gasteiger partial charge in [-0.2, -0.15) is 0 Å². The second kappa shape index (κ2) is 6.71. The first-order valence-corrected chi connectivity index (χ1v) is 9.48. The molecule has 0 saturated carbocycles. The van der Waals surface area contributed by atoms with Crippen molar-refractivity contribution in [2.75, 3.05) is 7.11 Å². The second-order valence-corrected chi connectivity index (χ2v) is 8.22. The maximum absolute atomic E-state index is 15.0. The number of halogens is 1. The minimum atomic E-state index is -0.903. The molecule has 150 valence electrons. The molecule has 1 aliphatic rings. The Morgan fingerprint density at radius 3 is 2.21 bits per heavy atom. The van der Waals surface area contributed by atoms with Crippen molar-refractivity contribution in [2.45, 2.75) is 38.9 Å². The summed E-state index contributed by atoms with van der Waals surface area (Å²) in [5.74, 6) is -0.103. The lowest BCUT2D eigenvalue weighted by molar-refractivity contribution is 0.00578. The number of hydrogen-bond acceptors (Lipinski definition) is 4. The monoisotopic (exact) mass is 395 g/mol. The molecule has 0 radical (unpaired) electrons. The lowest BCUT2D eigenvalue weighted by Gasteiger charge is -2.32. The lowest BCUT2D eigenvalue weighted by atomic mass is 9.77. The highest BCUT2D eigenvalue weighted by Crippen LogP contribution is 2.37. The van der Waals surface area contributed by atoms with Gasteiger partial charge in [-0.05, 0) is 52.0 Å². The van der Waals surface area contributed by atoms with Crippen molar-refractivity contribution in [3.63, 3.8) is 0 Å². The van der Waals surface area contributed by atoms with Crippen LogP contribution in [0.25, 0.3) is 16.5 Å². The van der Waals surface area contributed by atoms with Crippen molar-refractivity contribution in [1.82, 2.24) is 4.57 Å². The second-order valence-electron chi connectivity index (χ2n) is 8.22. The molecule has 1 saturated heterocycles. The van der Waals surface area contributed by atoms with Gasteiger partial charge in [0.05, 0.1) is 29.9 Å². The van der Waals surface area contributed by atoms with Crippen LogP contribution in [0.4, 0.5) is 4.39 Å². The van der Waals surface area contributed by atoms with Gasteiger partial charge >= 0.3 is 7.12 Å². The molecule has 0 unspecified atom stereocenters. The Bertz CT molecular complexity index is 1120. The van der Waals surface area contributed by atoms with Crippen LogP contribution in [0.1, 0.15) is 27.7 Å². The molecule has 0 amide bonds. The molecule has 1 aromatic heterocycles. The molecular weight excluding hydrogens is 372 g/mol. The van der Waals surface area contributed by atoms with Crippen molar-refractivity contribution in [2.24, 2.45) is 0 Å². The third-order valence-corrected chi connectivity index (χ3v) is 5.86. The van der Waals surface area contributed by atoms with E-state index >= 15 is 4.39 Å². The summed E-state index contributed by atoms with van der Waals surface area (Å²) in [6.45, 7) is 7.60. The van der Waals surface area contributed by atoms with Crippen molar-refractivity contribution < 1.29 is 18.4 Å². The SMILES string of the molecule is COc1cn(-c2ccccc2)c(=O)c2cc(B3OC(C)(C)C(C)(C)O3)c(F)cc12. The Hall–Kier alpha value is -2.64. The van der Waals surface area contributed by atoms with E-state index in [-0.39, 0.29) is 11.0 Å². The third-order valence-electron chi connectivity index (χ3n) is 5.86. The van der Waals surface area contributed by atoms with E-state index in [9.17, 15) is 4.79 Å². The van der Waals surface area contributed by atoms with Crippen LogP contribution in [0.5, 0.6) is 5.75 Å². The minimum absolute atomic E-state index is 0.195. The highest BCUT2D eigenvalue weighted by molar-refractivity contribution is 6.62. The highest BCUT2D eigenvalue weighted by Gasteiger charge is 2.52. The van der Waals surface area contributed by atoms with Gasteiger partial charge in [0, 0.05) is 16.5 Å². The molecule has 5 nitrogen and oxygen atoms in total. The van der Waals surface area contributed by atoms with Gasteiger partial charge in [0.15, 0.2) is 0 Å². The zero-order chi connectivity index (χ0) is 21.0. The Balaban J connectivity index is 1.93. The number of aromatic nitrogens is 1. The van der Waals surface area contributed by atoms with Crippen molar-refractivity contribution in [3.05, 3.63) is 64.8 Å². The fourth-order valence-corrected chi connectivity index (χ4v) is 3.44. The molecule has 0 spiro atoms. The summed E-state index contributed by atoms with van der Waals surface area (Å²) < 4.78 is 33.9. The Morgan fingerprint density at radius 2 is 1.62 bits per heavy atom. The fourth-order valence-electron chi connectivity index (χ4n) is 3.44. The quantitative estimate of drug-likeness (QED) is 0.638. The number of nitrogens with zero attached hydrogens (tertiary/aromatic N) is 1. The van der Waals surface area contributed by atoms with Gasteiger partial charge in [0.1, 0.15) is 11.6 Å². The summed E-state index contributed by atoms with van der Waals surface area (Å²) in [5, 5.41) is 0.738. The highest BCUT2D eigenvalue weighted by atomic mass is 19.1. The molecule has 7 heteroatoms. The number of ether oxygens (including phenoxy) is 1. The number of methoxy groups -OCH3 is 1. The van der Waals surface area contributed by atoms with Crippen molar-refractivity contribution >= 4 is 23.4 Å². The number of para-hydroxylation sites is 1. The van der Waals surface area contributed by atoms with Crippen LogP contribution in [0.3, 0.4) is 0 Å². The molecule has 0 N–H and O–H groups in total. The zero-order valence-electron chi connectivity index (χ0n) is 17.2. The number of rotatable bonds is 3. The molecule has 4 rings (SSSR count). The first kappa shape index (κ1) is 19.7. The molecular formula is C22H23BFNO4. The summed E-state index contributed by atoms with van der Waals surface area (Å²) in [5.41, 5.74) is -0.611. The van der Waals surface area contributed by atoms with Crippen LogP contribution in [0.2, 0.25) is 0 Å². The molecule has 2 heterocycles. The molecule has 2 aromatic carbocycles. The number of benzene rings is 2. The normalized spacial score (nSPS) is 17.7. The van der Waals surface area contributed by atoms with Crippen LogP contribution in [-0.4, -0.2) is 30.0 Å². The smallest absolute Gasteiger partial charge is 0.495 e. The maximum atomic E-state index is 15.0. The van der Waals surface area contributed by atoms with E-state index in [1.807, 2.05) is 58.0 Å². The standard InChI is InChI=1S/C22H23BFNO4/c1-21(2)22(3,4)29-23(28-21)17-11-16-15(12-18(17)24)19(27-5)13-25(20(16)26)14-9-7-6-8-10-14/h6-13H,1-5H3.